The van der Waals surface area contributed by atoms with Gasteiger partial charge in [-0.05, 0) is 45.1 Å². The number of aliphatic carboxylic acids is 1. The van der Waals surface area contributed by atoms with Crippen LogP contribution in [0.5, 0.6) is 0 Å². The van der Waals surface area contributed by atoms with Crippen molar-refractivity contribution in [3.8, 4) is 0 Å². The Hall–Kier alpha value is -0.610. The van der Waals surface area contributed by atoms with Crippen molar-refractivity contribution < 1.29 is 9.90 Å². The molecular formula is C14H24N2O2. The fraction of sp³-hybridized carbons (Fsp3) is 0.929. The molecule has 4 nitrogen and oxygen atoms in total. The molecule has 1 aliphatic carbocycles. The van der Waals surface area contributed by atoms with Crippen LogP contribution < -0.4 is 5.32 Å². The molecule has 2 saturated heterocycles. The molecule has 0 radical (unpaired) electrons. The van der Waals surface area contributed by atoms with Gasteiger partial charge in [0.05, 0.1) is 5.92 Å². The summed E-state index contributed by atoms with van der Waals surface area (Å²) in [7, 11) is 0. The van der Waals surface area contributed by atoms with E-state index < -0.39 is 5.97 Å². The number of carboxylic acid groups (broad SMARTS) is 1. The lowest BCUT2D eigenvalue weighted by atomic mass is 9.85. The van der Waals surface area contributed by atoms with Gasteiger partial charge < -0.3 is 10.4 Å². The molecule has 2 aliphatic heterocycles. The van der Waals surface area contributed by atoms with Crippen LogP contribution in [0, 0.1) is 5.92 Å². The third kappa shape index (κ3) is 2.41. The highest BCUT2D eigenvalue weighted by Gasteiger charge is 2.38. The van der Waals surface area contributed by atoms with Gasteiger partial charge in [-0.15, -0.1) is 0 Å². The number of hydrogen-bond donors (Lipinski definition) is 2. The van der Waals surface area contributed by atoms with Crippen LogP contribution in [-0.4, -0.2) is 47.2 Å². The van der Waals surface area contributed by atoms with E-state index >= 15 is 0 Å². The highest BCUT2D eigenvalue weighted by atomic mass is 16.4. The Labute approximate surface area is 109 Å². The van der Waals surface area contributed by atoms with Crippen LogP contribution in [0.25, 0.3) is 0 Å². The molecule has 18 heavy (non-hydrogen) atoms. The van der Waals surface area contributed by atoms with Gasteiger partial charge in [0, 0.05) is 24.7 Å². The minimum Gasteiger partial charge on any atom is -0.481 e. The van der Waals surface area contributed by atoms with Gasteiger partial charge in [0.15, 0.2) is 0 Å². The number of rotatable bonds is 3. The van der Waals surface area contributed by atoms with E-state index in [4.69, 9.17) is 5.11 Å². The lowest BCUT2D eigenvalue weighted by Gasteiger charge is -2.32. The molecule has 0 aromatic heterocycles. The predicted molar refractivity (Wildman–Crippen MR) is 69.5 cm³/mol. The van der Waals surface area contributed by atoms with Crippen LogP contribution in [-0.2, 0) is 4.79 Å². The Morgan fingerprint density at radius 2 is 2.00 bits per heavy atom. The zero-order valence-corrected chi connectivity index (χ0v) is 11.0. The Morgan fingerprint density at radius 1 is 1.11 bits per heavy atom. The second-order valence-electron chi connectivity index (χ2n) is 6.21. The van der Waals surface area contributed by atoms with Gasteiger partial charge >= 0.3 is 5.97 Å². The summed E-state index contributed by atoms with van der Waals surface area (Å²) >= 11 is 0. The van der Waals surface area contributed by atoms with Gasteiger partial charge in [-0.3, -0.25) is 9.69 Å². The largest absolute Gasteiger partial charge is 0.481 e. The van der Waals surface area contributed by atoms with Gasteiger partial charge in [-0.25, -0.2) is 0 Å². The van der Waals surface area contributed by atoms with E-state index in [-0.39, 0.29) is 5.92 Å². The first-order chi connectivity index (χ1) is 8.74. The zero-order chi connectivity index (χ0) is 12.5. The molecule has 0 spiro atoms. The molecule has 4 unspecified atom stereocenters. The molecule has 0 amide bonds. The second-order valence-corrected chi connectivity index (χ2v) is 6.21. The second kappa shape index (κ2) is 5.17. The number of carboxylic acids is 1. The quantitative estimate of drug-likeness (QED) is 0.798. The molecule has 0 bridgehead atoms. The van der Waals surface area contributed by atoms with Crippen molar-refractivity contribution in [1.82, 2.24) is 10.2 Å². The predicted octanol–water partition coefficient (Wildman–Crippen LogP) is 1.46. The zero-order valence-electron chi connectivity index (χ0n) is 11.0. The molecular weight excluding hydrogens is 228 g/mol. The van der Waals surface area contributed by atoms with Gasteiger partial charge in [0.2, 0.25) is 0 Å². The van der Waals surface area contributed by atoms with E-state index in [1.165, 1.54) is 32.4 Å². The van der Waals surface area contributed by atoms with Crippen LogP contribution in [0.2, 0.25) is 0 Å². The summed E-state index contributed by atoms with van der Waals surface area (Å²) in [5.41, 5.74) is 0. The van der Waals surface area contributed by atoms with Gasteiger partial charge in [0.25, 0.3) is 0 Å². The minimum absolute atomic E-state index is 0.114. The van der Waals surface area contributed by atoms with Crippen molar-refractivity contribution in [2.24, 2.45) is 5.92 Å². The van der Waals surface area contributed by atoms with Gasteiger partial charge in [0.1, 0.15) is 0 Å². The Morgan fingerprint density at radius 3 is 2.83 bits per heavy atom. The number of fused-ring (bicyclic) bond motifs is 1. The van der Waals surface area contributed by atoms with E-state index in [1.807, 2.05) is 0 Å². The fourth-order valence-electron chi connectivity index (χ4n) is 4.15. The summed E-state index contributed by atoms with van der Waals surface area (Å²) < 4.78 is 0. The Kier molecular flexibility index (Phi) is 3.57. The maximum atomic E-state index is 11.1. The first-order valence-electron chi connectivity index (χ1n) is 7.47. The highest BCUT2D eigenvalue weighted by Crippen LogP contribution is 2.30. The average molecular weight is 252 g/mol. The molecule has 3 fully saturated rings. The number of nitrogens with zero attached hydrogens (tertiary/aromatic N) is 1. The summed E-state index contributed by atoms with van der Waals surface area (Å²) in [4.78, 5) is 13.7. The van der Waals surface area contributed by atoms with Crippen molar-refractivity contribution in [2.75, 3.05) is 13.1 Å². The van der Waals surface area contributed by atoms with Crippen molar-refractivity contribution >= 4 is 5.97 Å². The lowest BCUT2D eigenvalue weighted by Crippen LogP contribution is -2.46. The first-order valence-corrected chi connectivity index (χ1v) is 7.47. The molecule has 2 N–H and O–H groups in total. The number of hydrogen-bond acceptors (Lipinski definition) is 3. The molecule has 102 valence electrons. The molecule has 4 heteroatoms. The normalized spacial score (nSPS) is 40.9. The van der Waals surface area contributed by atoms with Crippen molar-refractivity contribution in [3.63, 3.8) is 0 Å². The average Bonchev–Trinajstić information content (AvgIpc) is 2.94. The van der Waals surface area contributed by atoms with E-state index in [0.717, 1.165) is 31.7 Å². The SMILES string of the molecule is O=C(O)C1CCCC(NC2CCN3CCCC23)C1. The third-order valence-electron chi connectivity index (χ3n) is 5.08. The third-order valence-corrected chi connectivity index (χ3v) is 5.08. The summed E-state index contributed by atoms with van der Waals surface area (Å²) in [5, 5.41) is 12.9. The molecule has 4 atom stereocenters. The van der Waals surface area contributed by atoms with Crippen LogP contribution in [0.3, 0.4) is 0 Å². The maximum absolute atomic E-state index is 11.1. The molecule has 1 saturated carbocycles. The minimum atomic E-state index is -0.601. The van der Waals surface area contributed by atoms with Crippen LogP contribution in [0.1, 0.15) is 44.9 Å². The van der Waals surface area contributed by atoms with Crippen LogP contribution in [0.15, 0.2) is 0 Å². The summed E-state index contributed by atoms with van der Waals surface area (Å²) in [6.45, 7) is 2.50. The van der Waals surface area contributed by atoms with E-state index in [9.17, 15) is 4.79 Å². The van der Waals surface area contributed by atoms with E-state index in [1.54, 1.807) is 0 Å². The van der Waals surface area contributed by atoms with E-state index in [0.29, 0.717) is 12.1 Å². The fourth-order valence-corrected chi connectivity index (χ4v) is 4.15. The smallest absolute Gasteiger partial charge is 0.306 e. The standard InChI is InChI=1S/C14H24N2O2/c17-14(18)10-3-1-4-11(9-10)15-12-6-8-16-7-2-5-13(12)16/h10-13,15H,1-9H2,(H,17,18). The maximum Gasteiger partial charge on any atom is 0.306 e. The molecule has 3 rings (SSSR count). The topological polar surface area (TPSA) is 52.6 Å². The van der Waals surface area contributed by atoms with Crippen molar-refractivity contribution in [3.05, 3.63) is 0 Å². The Bertz CT molecular complexity index is 321. The number of carbonyl (C=O) groups is 1. The van der Waals surface area contributed by atoms with Crippen LogP contribution >= 0.6 is 0 Å². The number of nitrogens with one attached hydrogen (secondary N) is 1. The summed E-state index contributed by atoms with van der Waals surface area (Å²) in [6.07, 6.45) is 7.84. The van der Waals surface area contributed by atoms with Crippen LogP contribution in [0.4, 0.5) is 0 Å². The Balaban J connectivity index is 1.54. The highest BCUT2D eigenvalue weighted by molar-refractivity contribution is 5.70. The molecule has 0 aromatic rings. The van der Waals surface area contributed by atoms with Gasteiger partial charge in [-0.2, -0.15) is 0 Å². The summed E-state index contributed by atoms with van der Waals surface area (Å²) in [6, 6.07) is 1.78. The first kappa shape index (κ1) is 12.4. The molecule has 0 aromatic carbocycles. The monoisotopic (exact) mass is 252 g/mol. The van der Waals surface area contributed by atoms with Crippen molar-refractivity contribution in [2.45, 2.75) is 63.1 Å². The van der Waals surface area contributed by atoms with Crippen molar-refractivity contribution in [1.29, 1.82) is 0 Å². The summed E-state index contributed by atoms with van der Waals surface area (Å²) in [5.74, 6) is -0.715. The molecule has 3 aliphatic rings. The molecule has 2 heterocycles. The lowest BCUT2D eigenvalue weighted by molar-refractivity contribution is -0.143. The van der Waals surface area contributed by atoms with E-state index in [2.05, 4.69) is 10.2 Å². The van der Waals surface area contributed by atoms with Gasteiger partial charge in [-0.1, -0.05) is 6.42 Å².